The van der Waals surface area contributed by atoms with E-state index in [0.717, 1.165) is 28.6 Å². The molecule has 0 aliphatic rings. The minimum Gasteiger partial charge on any atom is -0.322 e. The lowest BCUT2D eigenvalue weighted by Gasteiger charge is -2.12. The van der Waals surface area contributed by atoms with E-state index in [-0.39, 0.29) is 5.91 Å². The Morgan fingerprint density at radius 2 is 1.72 bits per heavy atom. The van der Waals surface area contributed by atoms with E-state index >= 15 is 0 Å². The maximum atomic E-state index is 13.1. The number of anilines is 1. The van der Waals surface area contributed by atoms with Crippen LogP contribution in [0.1, 0.15) is 22.8 Å². The van der Waals surface area contributed by atoms with Gasteiger partial charge < -0.3 is 5.32 Å². The number of nitrogens with one attached hydrogen (secondary N) is 1. The van der Waals surface area contributed by atoms with Crippen molar-refractivity contribution >= 4 is 45.7 Å². The van der Waals surface area contributed by atoms with E-state index in [1.807, 2.05) is 54.6 Å². The van der Waals surface area contributed by atoms with Crippen molar-refractivity contribution in [3.8, 4) is 11.3 Å². The third-order valence-electron chi connectivity index (χ3n) is 4.79. The normalized spacial score (nSPS) is 10.9. The number of pyridine rings is 1. The van der Waals surface area contributed by atoms with E-state index in [1.54, 1.807) is 18.2 Å². The highest BCUT2D eigenvalue weighted by atomic mass is 35.5. The Balaban J connectivity index is 1.78. The molecule has 0 aliphatic carbocycles. The van der Waals surface area contributed by atoms with Crippen LogP contribution in [0.25, 0.3) is 22.2 Å². The Hall–Kier alpha value is -2.88. The summed E-state index contributed by atoms with van der Waals surface area (Å²) in [5.41, 5.74) is 4.58. The van der Waals surface area contributed by atoms with Crippen molar-refractivity contribution in [2.24, 2.45) is 0 Å². The molecule has 0 atom stereocenters. The van der Waals surface area contributed by atoms with Gasteiger partial charge in [0, 0.05) is 21.7 Å². The quantitative estimate of drug-likeness (QED) is 0.385. The van der Waals surface area contributed by atoms with Crippen molar-refractivity contribution < 1.29 is 4.79 Å². The Morgan fingerprint density at radius 3 is 2.45 bits per heavy atom. The van der Waals surface area contributed by atoms with Gasteiger partial charge in [-0.25, -0.2) is 4.98 Å². The maximum absolute atomic E-state index is 13.1. The first-order valence-electron chi connectivity index (χ1n) is 9.30. The summed E-state index contributed by atoms with van der Waals surface area (Å²) in [4.78, 5) is 17.8. The number of aromatic nitrogens is 1. The number of rotatable bonds is 4. The molecular formula is C24H18Cl2N2O. The zero-order valence-electron chi connectivity index (χ0n) is 15.7. The van der Waals surface area contributed by atoms with E-state index in [2.05, 4.69) is 12.2 Å². The van der Waals surface area contributed by atoms with Crippen molar-refractivity contribution in [2.45, 2.75) is 13.3 Å². The van der Waals surface area contributed by atoms with Crippen LogP contribution in [0.4, 0.5) is 5.69 Å². The fourth-order valence-electron chi connectivity index (χ4n) is 3.22. The first kappa shape index (κ1) is 19.4. The molecule has 0 bridgehead atoms. The topological polar surface area (TPSA) is 42.0 Å². The van der Waals surface area contributed by atoms with Gasteiger partial charge in [-0.05, 0) is 54.4 Å². The van der Waals surface area contributed by atoms with Crippen molar-refractivity contribution in [2.75, 3.05) is 5.32 Å². The van der Waals surface area contributed by atoms with Gasteiger partial charge in [0.05, 0.1) is 21.8 Å². The number of hydrogen-bond donors (Lipinski definition) is 1. The Bertz CT molecular complexity index is 1200. The summed E-state index contributed by atoms with van der Waals surface area (Å²) in [5, 5.41) is 4.80. The first-order chi connectivity index (χ1) is 14.0. The van der Waals surface area contributed by atoms with Gasteiger partial charge in [0.2, 0.25) is 0 Å². The number of carbonyl (C=O) groups is 1. The monoisotopic (exact) mass is 420 g/mol. The molecule has 3 nitrogen and oxygen atoms in total. The second-order valence-electron chi connectivity index (χ2n) is 6.70. The molecule has 0 aliphatic heterocycles. The highest BCUT2D eigenvalue weighted by Gasteiger charge is 2.15. The van der Waals surface area contributed by atoms with Crippen LogP contribution in [0.3, 0.4) is 0 Å². The zero-order chi connectivity index (χ0) is 20.4. The summed E-state index contributed by atoms with van der Waals surface area (Å²) in [6.07, 6.45) is 0.953. The van der Waals surface area contributed by atoms with Crippen LogP contribution in [-0.2, 0) is 6.42 Å². The molecule has 0 saturated heterocycles. The average Bonchev–Trinajstić information content (AvgIpc) is 2.73. The minimum atomic E-state index is -0.195. The van der Waals surface area contributed by atoms with Crippen LogP contribution in [0.5, 0.6) is 0 Å². The molecule has 1 N–H and O–H groups in total. The van der Waals surface area contributed by atoms with Gasteiger partial charge in [-0.1, -0.05) is 60.5 Å². The summed E-state index contributed by atoms with van der Waals surface area (Å²) in [7, 11) is 0. The van der Waals surface area contributed by atoms with Gasteiger partial charge in [-0.3, -0.25) is 4.79 Å². The van der Waals surface area contributed by atoms with E-state index in [9.17, 15) is 4.79 Å². The molecule has 1 heterocycles. The van der Waals surface area contributed by atoms with Gasteiger partial charge in [-0.15, -0.1) is 0 Å². The molecule has 0 fully saturated rings. The van der Waals surface area contributed by atoms with Crippen LogP contribution in [0.2, 0.25) is 10.0 Å². The lowest BCUT2D eigenvalue weighted by molar-refractivity contribution is 0.102. The summed E-state index contributed by atoms with van der Waals surface area (Å²) in [5.74, 6) is -0.195. The SMILES string of the molecule is CCc1ccc(NC(=O)c2cc(-c3ccc(Cl)cc3Cl)nc3ccccc23)cc1. The molecular weight excluding hydrogens is 403 g/mol. The molecule has 4 aromatic rings. The van der Waals surface area contributed by atoms with Crippen LogP contribution in [0.15, 0.2) is 72.8 Å². The number of aryl methyl sites for hydroxylation is 1. The molecule has 0 saturated carbocycles. The van der Waals surface area contributed by atoms with Crippen molar-refractivity contribution in [3.05, 3.63) is 94.0 Å². The van der Waals surface area contributed by atoms with E-state index in [0.29, 0.717) is 21.3 Å². The van der Waals surface area contributed by atoms with Crippen molar-refractivity contribution in [1.82, 2.24) is 4.98 Å². The van der Waals surface area contributed by atoms with Gasteiger partial charge >= 0.3 is 0 Å². The molecule has 1 aromatic heterocycles. The van der Waals surface area contributed by atoms with Crippen LogP contribution in [-0.4, -0.2) is 10.9 Å². The maximum Gasteiger partial charge on any atom is 0.256 e. The predicted molar refractivity (Wildman–Crippen MR) is 121 cm³/mol. The average molecular weight is 421 g/mol. The first-order valence-corrected chi connectivity index (χ1v) is 10.1. The molecule has 0 radical (unpaired) electrons. The van der Waals surface area contributed by atoms with E-state index < -0.39 is 0 Å². The second-order valence-corrected chi connectivity index (χ2v) is 7.54. The molecule has 3 aromatic carbocycles. The smallest absolute Gasteiger partial charge is 0.256 e. The Kier molecular flexibility index (Phi) is 5.52. The number of fused-ring (bicyclic) bond motifs is 1. The lowest BCUT2D eigenvalue weighted by Crippen LogP contribution is -2.13. The number of hydrogen-bond acceptors (Lipinski definition) is 2. The fraction of sp³-hybridized carbons (Fsp3) is 0.0833. The van der Waals surface area contributed by atoms with Gasteiger partial charge in [-0.2, -0.15) is 0 Å². The molecule has 144 valence electrons. The number of nitrogens with zero attached hydrogens (tertiary/aromatic N) is 1. The molecule has 5 heteroatoms. The van der Waals surface area contributed by atoms with Crippen LogP contribution in [0, 0.1) is 0 Å². The third-order valence-corrected chi connectivity index (χ3v) is 5.34. The van der Waals surface area contributed by atoms with Gasteiger partial charge in [0.25, 0.3) is 5.91 Å². The Labute approximate surface area is 179 Å². The van der Waals surface area contributed by atoms with E-state index in [4.69, 9.17) is 28.2 Å². The zero-order valence-corrected chi connectivity index (χ0v) is 17.3. The molecule has 4 rings (SSSR count). The minimum absolute atomic E-state index is 0.195. The molecule has 1 amide bonds. The summed E-state index contributed by atoms with van der Waals surface area (Å²) in [6, 6.07) is 22.4. The predicted octanol–water partition coefficient (Wildman–Crippen LogP) is 7.02. The molecule has 29 heavy (non-hydrogen) atoms. The number of benzene rings is 3. The number of carbonyl (C=O) groups excluding carboxylic acids is 1. The van der Waals surface area contributed by atoms with Crippen LogP contribution < -0.4 is 5.32 Å². The van der Waals surface area contributed by atoms with Gasteiger partial charge in [0.1, 0.15) is 0 Å². The number of halogens is 2. The third kappa shape index (κ3) is 4.12. The summed E-state index contributed by atoms with van der Waals surface area (Å²) in [6.45, 7) is 2.10. The van der Waals surface area contributed by atoms with Crippen molar-refractivity contribution in [1.29, 1.82) is 0 Å². The Morgan fingerprint density at radius 1 is 0.966 bits per heavy atom. The second kappa shape index (κ2) is 8.24. The molecule has 0 unspecified atom stereocenters. The highest BCUT2D eigenvalue weighted by molar-refractivity contribution is 6.36. The highest BCUT2D eigenvalue weighted by Crippen LogP contribution is 2.32. The summed E-state index contributed by atoms with van der Waals surface area (Å²) < 4.78 is 0. The van der Waals surface area contributed by atoms with Gasteiger partial charge in [0.15, 0.2) is 0 Å². The van der Waals surface area contributed by atoms with Crippen LogP contribution >= 0.6 is 23.2 Å². The van der Waals surface area contributed by atoms with Crippen molar-refractivity contribution in [3.63, 3.8) is 0 Å². The molecule has 0 spiro atoms. The largest absolute Gasteiger partial charge is 0.322 e. The fourth-order valence-corrected chi connectivity index (χ4v) is 3.73. The standard InChI is InChI=1S/C24H18Cl2N2O/c1-2-15-7-10-17(11-8-15)27-24(29)20-14-23(19-12-9-16(25)13-21(19)26)28-22-6-4-3-5-18(20)22/h3-14H,2H2,1H3,(H,27,29). The lowest BCUT2D eigenvalue weighted by atomic mass is 10.0. The number of para-hydroxylation sites is 1. The summed E-state index contributed by atoms with van der Waals surface area (Å²) >= 11 is 12.4. The number of amides is 1. The van der Waals surface area contributed by atoms with E-state index in [1.165, 1.54) is 5.56 Å².